The van der Waals surface area contributed by atoms with Crippen molar-refractivity contribution < 1.29 is 14.0 Å². The fraction of sp³-hybridized carbons (Fsp3) is 0.350. The molecule has 4 rings (SSSR count). The summed E-state index contributed by atoms with van der Waals surface area (Å²) in [6, 6.07) is 4.77. The number of carbonyl (C=O) groups is 2. The van der Waals surface area contributed by atoms with Crippen molar-refractivity contribution in [3.05, 3.63) is 47.1 Å². The molecule has 1 aliphatic rings. The van der Waals surface area contributed by atoms with E-state index in [1.54, 1.807) is 17.0 Å². The van der Waals surface area contributed by atoms with E-state index in [1.807, 2.05) is 0 Å². The monoisotopic (exact) mass is 430 g/mol. The summed E-state index contributed by atoms with van der Waals surface area (Å²) < 4.78 is 15.5. The zero-order valence-electron chi connectivity index (χ0n) is 16.1. The molecule has 3 aromatic rings. The average molecular weight is 431 g/mol. The molecule has 156 valence electrons. The Morgan fingerprint density at radius 3 is 2.87 bits per heavy atom. The average Bonchev–Trinajstić information content (AvgIpc) is 3.48. The lowest BCUT2D eigenvalue weighted by Gasteiger charge is -2.22. The third kappa shape index (κ3) is 4.25. The van der Waals surface area contributed by atoms with Gasteiger partial charge in [0.25, 0.3) is 0 Å². The number of nitrogens with zero attached hydrogens (tertiary/aromatic N) is 5. The van der Waals surface area contributed by atoms with Crippen molar-refractivity contribution in [2.75, 3.05) is 12.3 Å². The number of anilines is 1. The van der Waals surface area contributed by atoms with Crippen LogP contribution in [0.4, 0.5) is 10.2 Å². The minimum absolute atomic E-state index is 0.0119. The number of nitrogen functional groups attached to an aromatic ring is 1. The topological polar surface area (TPSA) is 107 Å². The largest absolute Gasteiger partial charge is 0.383 e. The highest BCUT2D eigenvalue weighted by Crippen LogP contribution is 2.27. The molecule has 0 aliphatic heterocycles. The maximum Gasteiger partial charge on any atom is 0.245 e. The minimum atomic E-state index is -0.506. The van der Waals surface area contributed by atoms with Crippen LogP contribution in [-0.4, -0.2) is 48.9 Å². The second-order valence-electron chi connectivity index (χ2n) is 7.30. The van der Waals surface area contributed by atoms with Crippen molar-refractivity contribution in [2.45, 2.75) is 38.3 Å². The number of hydrogen-bond acceptors (Lipinski definition) is 6. The molecule has 0 saturated heterocycles. The number of amides is 1. The van der Waals surface area contributed by atoms with E-state index in [0.717, 1.165) is 12.8 Å². The van der Waals surface area contributed by atoms with Gasteiger partial charge in [0.15, 0.2) is 11.4 Å². The lowest BCUT2D eigenvalue weighted by Crippen LogP contribution is -2.39. The summed E-state index contributed by atoms with van der Waals surface area (Å²) in [4.78, 5) is 35.0. The maximum absolute atomic E-state index is 14.0. The highest BCUT2D eigenvalue weighted by atomic mass is 35.5. The van der Waals surface area contributed by atoms with Crippen molar-refractivity contribution in [2.24, 2.45) is 0 Å². The molecule has 1 aromatic carbocycles. The Balaban J connectivity index is 1.41. The normalized spacial score (nSPS) is 13.5. The van der Waals surface area contributed by atoms with Crippen LogP contribution in [0, 0.1) is 5.82 Å². The van der Waals surface area contributed by atoms with Crippen LogP contribution in [0.25, 0.3) is 11.0 Å². The molecule has 1 fully saturated rings. The molecule has 30 heavy (non-hydrogen) atoms. The van der Waals surface area contributed by atoms with E-state index >= 15 is 0 Å². The first-order chi connectivity index (χ1) is 14.4. The van der Waals surface area contributed by atoms with Crippen LogP contribution < -0.4 is 5.73 Å². The Morgan fingerprint density at radius 2 is 2.10 bits per heavy atom. The van der Waals surface area contributed by atoms with E-state index in [9.17, 15) is 14.0 Å². The van der Waals surface area contributed by atoms with Gasteiger partial charge in [0.1, 0.15) is 24.5 Å². The second-order valence-corrected chi connectivity index (χ2v) is 7.71. The Hall–Kier alpha value is -3.07. The quantitative estimate of drug-likeness (QED) is 0.588. The lowest BCUT2D eigenvalue weighted by atomic mass is 10.1. The van der Waals surface area contributed by atoms with E-state index in [-0.39, 0.29) is 48.7 Å². The first kappa shape index (κ1) is 20.2. The van der Waals surface area contributed by atoms with Gasteiger partial charge in [-0.05, 0) is 30.9 Å². The Bertz CT molecular complexity index is 1110. The molecule has 2 heterocycles. The Labute approximate surface area is 176 Å². The van der Waals surface area contributed by atoms with Crippen LogP contribution in [0.2, 0.25) is 5.02 Å². The van der Waals surface area contributed by atoms with Crippen LogP contribution in [0.3, 0.4) is 0 Å². The molecule has 2 N–H and O–H groups in total. The highest BCUT2D eigenvalue weighted by molar-refractivity contribution is 6.30. The smallest absolute Gasteiger partial charge is 0.245 e. The first-order valence-electron chi connectivity index (χ1n) is 9.60. The molecule has 1 amide bonds. The summed E-state index contributed by atoms with van der Waals surface area (Å²) >= 11 is 5.79. The molecule has 8 nitrogen and oxygen atoms in total. The van der Waals surface area contributed by atoms with Crippen LogP contribution in [-0.2, 0) is 22.6 Å². The van der Waals surface area contributed by atoms with E-state index in [1.165, 1.54) is 23.3 Å². The van der Waals surface area contributed by atoms with Crippen molar-refractivity contribution in [1.82, 2.24) is 24.6 Å². The number of Topliss-reactive ketones (excluding diaryl/α,β-unsaturated/α-hetero) is 1. The number of benzene rings is 1. The number of hydrogen-bond donors (Lipinski definition) is 1. The SMILES string of the molecule is Nc1ncnc2c1cnn2CC(=O)N(CC(=O)CCc1cccc(Cl)c1F)C1CC1. The van der Waals surface area contributed by atoms with Gasteiger partial charge in [-0.2, -0.15) is 5.10 Å². The summed E-state index contributed by atoms with van der Waals surface area (Å²) in [7, 11) is 0. The number of ketones is 1. The molecule has 0 bridgehead atoms. The van der Waals surface area contributed by atoms with Gasteiger partial charge in [-0.3, -0.25) is 9.59 Å². The van der Waals surface area contributed by atoms with Gasteiger partial charge in [-0.1, -0.05) is 23.7 Å². The summed E-state index contributed by atoms with van der Waals surface area (Å²) in [5.74, 6) is -0.566. The van der Waals surface area contributed by atoms with Gasteiger partial charge >= 0.3 is 0 Å². The third-order valence-corrected chi connectivity index (χ3v) is 5.40. The van der Waals surface area contributed by atoms with Gasteiger partial charge < -0.3 is 10.6 Å². The summed E-state index contributed by atoms with van der Waals surface area (Å²) in [5.41, 5.74) is 6.66. The third-order valence-electron chi connectivity index (χ3n) is 5.11. The van der Waals surface area contributed by atoms with E-state index in [0.29, 0.717) is 22.4 Å². The number of carbonyl (C=O) groups excluding carboxylic acids is 2. The molecule has 10 heteroatoms. The fourth-order valence-corrected chi connectivity index (χ4v) is 3.53. The Kier molecular flexibility index (Phi) is 5.63. The summed E-state index contributed by atoms with van der Waals surface area (Å²) in [6.07, 6.45) is 4.91. The molecule has 0 atom stereocenters. The summed E-state index contributed by atoms with van der Waals surface area (Å²) in [5, 5.41) is 4.78. The second kappa shape index (κ2) is 8.35. The highest BCUT2D eigenvalue weighted by Gasteiger charge is 2.34. The van der Waals surface area contributed by atoms with Crippen LogP contribution in [0.15, 0.2) is 30.7 Å². The predicted molar refractivity (Wildman–Crippen MR) is 109 cm³/mol. The molecule has 1 aliphatic carbocycles. The predicted octanol–water partition coefficient (Wildman–Crippen LogP) is 2.39. The zero-order chi connectivity index (χ0) is 21.3. The molecule has 0 spiro atoms. The number of nitrogens with two attached hydrogens (primary N) is 1. The fourth-order valence-electron chi connectivity index (χ4n) is 3.34. The molecule has 2 aromatic heterocycles. The van der Waals surface area contributed by atoms with Crippen molar-refractivity contribution in [3.63, 3.8) is 0 Å². The molecule has 0 unspecified atom stereocenters. The molecule has 0 radical (unpaired) electrons. The molecular weight excluding hydrogens is 411 g/mol. The maximum atomic E-state index is 14.0. The number of rotatable bonds is 8. The van der Waals surface area contributed by atoms with Gasteiger partial charge in [0.2, 0.25) is 5.91 Å². The minimum Gasteiger partial charge on any atom is -0.383 e. The summed E-state index contributed by atoms with van der Waals surface area (Å²) in [6.45, 7) is -0.0608. The first-order valence-corrected chi connectivity index (χ1v) is 9.98. The van der Waals surface area contributed by atoms with E-state index < -0.39 is 5.82 Å². The number of halogens is 2. The van der Waals surface area contributed by atoms with Gasteiger partial charge in [-0.15, -0.1) is 0 Å². The lowest BCUT2D eigenvalue weighted by molar-refractivity contribution is -0.136. The number of aromatic nitrogens is 4. The van der Waals surface area contributed by atoms with Crippen molar-refractivity contribution in [1.29, 1.82) is 0 Å². The Morgan fingerprint density at radius 1 is 1.30 bits per heavy atom. The molecular formula is C20H20ClFN6O2. The van der Waals surface area contributed by atoms with Crippen LogP contribution >= 0.6 is 11.6 Å². The van der Waals surface area contributed by atoms with Crippen LogP contribution in [0.5, 0.6) is 0 Å². The van der Waals surface area contributed by atoms with Crippen molar-refractivity contribution >= 4 is 40.1 Å². The number of aryl methyl sites for hydroxylation is 1. The standard InChI is InChI=1S/C20H20ClFN6O2/c21-16-3-1-2-12(18(16)22)4-7-14(29)9-27(13-5-6-13)17(30)10-28-20-15(8-26-28)19(23)24-11-25-20/h1-3,8,11,13H,4-7,9-10H2,(H2,23,24,25). The zero-order valence-corrected chi connectivity index (χ0v) is 16.8. The van der Waals surface area contributed by atoms with Gasteiger partial charge in [0, 0.05) is 12.5 Å². The van der Waals surface area contributed by atoms with E-state index in [2.05, 4.69) is 15.1 Å². The van der Waals surface area contributed by atoms with Crippen LogP contribution in [0.1, 0.15) is 24.8 Å². The van der Waals surface area contributed by atoms with Gasteiger partial charge in [-0.25, -0.2) is 19.0 Å². The van der Waals surface area contributed by atoms with E-state index in [4.69, 9.17) is 17.3 Å². The van der Waals surface area contributed by atoms with Gasteiger partial charge in [0.05, 0.1) is 23.2 Å². The molecule has 1 saturated carbocycles. The number of fused-ring (bicyclic) bond motifs is 1. The van der Waals surface area contributed by atoms with Crippen molar-refractivity contribution in [3.8, 4) is 0 Å².